The van der Waals surface area contributed by atoms with Crippen LogP contribution in [0.1, 0.15) is 16.5 Å². The molecule has 2 aromatic rings. The van der Waals surface area contributed by atoms with Crippen molar-refractivity contribution < 1.29 is 9.47 Å². The first-order valence-corrected chi connectivity index (χ1v) is 7.89. The molecule has 2 rings (SSSR count). The summed E-state index contributed by atoms with van der Waals surface area (Å²) in [4.78, 5) is 1.06. The normalized spacial score (nSPS) is 12.3. The summed E-state index contributed by atoms with van der Waals surface area (Å²) >= 11 is 8.50. The third-order valence-electron chi connectivity index (χ3n) is 2.74. The van der Waals surface area contributed by atoms with Crippen molar-refractivity contribution in [2.75, 3.05) is 14.2 Å². The second-order valence-electron chi connectivity index (χ2n) is 3.85. The van der Waals surface area contributed by atoms with Crippen molar-refractivity contribution in [3.63, 3.8) is 0 Å². The molecule has 0 bridgehead atoms. The predicted octanol–water partition coefficient (Wildman–Crippen LogP) is 4.34. The average Bonchev–Trinajstić information content (AvgIpc) is 2.84. The molecule has 3 nitrogen and oxygen atoms in total. The molecule has 19 heavy (non-hydrogen) atoms. The summed E-state index contributed by atoms with van der Waals surface area (Å²) in [5.41, 5.74) is 7.22. The minimum absolute atomic E-state index is 0.242. The van der Waals surface area contributed by atoms with Gasteiger partial charge in [0, 0.05) is 10.4 Å². The summed E-state index contributed by atoms with van der Waals surface area (Å²) < 4.78 is 12.6. The Labute approximate surface area is 133 Å². The van der Waals surface area contributed by atoms with Gasteiger partial charge in [-0.05, 0) is 56.1 Å². The van der Waals surface area contributed by atoms with Gasteiger partial charge in [-0.25, -0.2) is 0 Å². The van der Waals surface area contributed by atoms with E-state index in [2.05, 4.69) is 31.9 Å². The fourth-order valence-corrected chi connectivity index (χ4v) is 3.70. The maximum absolute atomic E-state index is 6.32. The number of rotatable bonds is 4. The van der Waals surface area contributed by atoms with E-state index in [0.29, 0.717) is 0 Å². The van der Waals surface area contributed by atoms with Crippen molar-refractivity contribution in [3.8, 4) is 11.5 Å². The van der Waals surface area contributed by atoms with E-state index in [0.717, 1.165) is 30.2 Å². The summed E-state index contributed by atoms with van der Waals surface area (Å²) in [6.45, 7) is 0. The lowest BCUT2D eigenvalue weighted by atomic mass is 10.0. The van der Waals surface area contributed by atoms with Crippen LogP contribution in [0.5, 0.6) is 11.5 Å². The molecule has 0 fully saturated rings. The maximum Gasteiger partial charge on any atom is 0.133 e. The minimum Gasteiger partial charge on any atom is -0.496 e. The average molecular weight is 407 g/mol. The van der Waals surface area contributed by atoms with Gasteiger partial charge in [0.15, 0.2) is 0 Å². The Kier molecular flexibility index (Phi) is 4.89. The number of nitrogens with two attached hydrogens (primary N) is 1. The van der Waals surface area contributed by atoms with E-state index in [1.165, 1.54) is 0 Å². The van der Waals surface area contributed by atoms with Crippen LogP contribution in [-0.4, -0.2) is 14.2 Å². The number of thiophene rings is 1. The smallest absolute Gasteiger partial charge is 0.133 e. The standard InChI is InChI=1S/C13H13Br2NO2S/c1-17-9-6-8(14)10(18-2)5-7(9)13(16)11-3-4-12(15)19-11/h3-6,13H,16H2,1-2H3. The van der Waals surface area contributed by atoms with Gasteiger partial charge < -0.3 is 15.2 Å². The van der Waals surface area contributed by atoms with Gasteiger partial charge in [-0.3, -0.25) is 0 Å². The van der Waals surface area contributed by atoms with E-state index in [9.17, 15) is 0 Å². The van der Waals surface area contributed by atoms with Crippen LogP contribution in [0.3, 0.4) is 0 Å². The largest absolute Gasteiger partial charge is 0.496 e. The second kappa shape index (κ2) is 6.26. The van der Waals surface area contributed by atoms with Gasteiger partial charge in [-0.15, -0.1) is 11.3 Å². The molecule has 6 heteroatoms. The zero-order valence-electron chi connectivity index (χ0n) is 10.4. The summed E-state index contributed by atoms with van der Waals surface area (Å²) in [7, 11) is 3.26. The Morgan fingerprint density at radius 2 is 1.79 bits per heavy atom. The minimum atomic E-state index is -0.242. The van der Waals surface area contributed by atoms with Crippen molar-refractivity contribution in [3.05, 3.63) is 43.0 Å². The van der Waals surface area contributed by atoms with Crippen molar-refractivity contribution in [2.24, 2.45) is 5.73 Å². The topological polar surface area (TPSA) is 44.5 Å². The first kappa shape index (κ1) is 14.8. The molecular weight excluding hydrogens is 394 g/mol. The monoisotopic (exact) mass is 405 g/mol. The highest BCUT2D eigenvalue weighted by Gasteiger charge is 2.18. The Morgan fingerprint density at radius 3 is 2.32 bits per heavy atom. The van der Waals surface area contributed by atoms with Crippen LogP contribution in [0.2, 0.25) is 0 Å². The summed E-state index contributed by atoms with van der Waals surface area (Å²) in [5, 5.41) is 0. The molecule has 0 saturated carbocycles. The molecule has 1 heterocycles. The van der Waals surface area contributed by atoms with Gasteiger partial charge in [-0.2, -0.15) is 0 Å². The Bertz CT molecular complexity index is 586. The molecule has 0 aliphatic rings. The third kappa shape index (κ3) is 3.13. The number of hydrogen-bond acceptors (Lipinski definition) is 4. The lowest BCUT2D eigenvalue weighted by Crippen LogP contribution is -2.12. The molecular formula is C13H13Br2NO2S. The molecule has 0 amide bonds. The molecule has 1 atom stereocenters. The van der Waals surface area contributed by atoms with Crippen LogP contribution < -0.4 is 15.2 Å². The van der Waals surface area contributed by atoms with Gasteiger partial charge in [0.05, 0.1) is 28.5 Å². The van der Waals surface area contributed by atoms with Crippen LogP contribution >= 0.6 is 43.2 Å². The number of methoxy groups -OCH3 is 2. The molecule has 2 N–H and O–H groups in total. The van der Waals surface area contributed by atoms with Crippen molar-refractivity contribution >= 4 is 43.2 Å². The zero-order chi connectivity index (χ0) is 14.0. The summed E-state index contributed by atoms with van der Waals surface area (Å²) in [5.74, 6) is 1.48. The Balaban J connectivity index is 2.48. The second-order valence-corrected chi connectivity index (χ2v) is 7.20. The van der Waals surface area contributed by atoms with E-state index in [1.807, 2.05) is 24.3 Å². The molecule has 1 aromatic heterocycles. The number of benzene rings is 1. The Hall–Kier alpha value is -0.560. The summed E-state index contributed by atoms with van der Waals surface area (Å²) in [6, 6.07) is 7.53. The first-order valence-electron chi connectivity index (χ1n) is 5.49. The van der Waals surface area contributed by atoms with E-state index >= 15 is 0 Å². The number of ether oxygens (including phenoxy) is 2. The first-order chi connectivity index (χ1) is 9.06. The van der Waals surface area contributed by atoms with E-state index in [-0.39, 0.29) is 6.04 Å². The molecule has 0 aliphatic heterocycles. The predicted molar refractivity (Wildman–Crippen MR) is 85.3 cm³/mol. The van der Waals surface area contributed by atoms with Crippen LogP contribution in [0.25, 0.3) is 0 Å². The molecule has 0 aliphatic carbocycles. The van der Waals surface area contributed by atoms with Crippen LogP contribution in [0.4, 0.5) is 0 Å². The SMILES string of the molecule is COc1cc(C(N)c2ccc(Br)s2)c(OC)cc1Br. The molecule has 0 radical (unpaired) electrons. The highest BCUT2D eigenvalue weighted by Crippen LogP contribution is 2.39. The number of halogens is 2. The van der Waals surface area contributed by atoms with Crippen molar-refractivity contribution in [1.29, 1.82) is 0 Å². The summed E-state index contributed by atoms with van der Waals surface area (Å²) in [6.07, 6.45) is 0. The van der Waals surface area contributed by atoms with Crippen molar-refractivity contribution in [1.82, 2.24) is 0 Å². The van der Waals surface area contributed by atoms with E-state index in [1.54, 1.807) is 25.6 Å². The van der Waals surface area contributed by atoms with Crippen LogP contribution in [-0.2, 0) is 0 Å². The highest BCUT2D eigenvalue weighted by molar-refractivity contribution is 9.11. The molecule has 0 saturated heterocycles. The van der Waals surface area contributed by atoms with Crippen LogP contribution in [0.15, 0.2) is 32.5 Å². The maximum atomic E-state index is 6.32. The molecule has 1 unspecified atom stereocenters. The number of hydrogen-bond donors (Lipinski definition) is 1. The zero-order valence-corrected chi connectivity index (χ0v) is 14.4. The molecule has 1 aromatic carbocycles. The lowest BCUT2D eigenvalue weighted by molar-refractivity contribution is 0.395. The molecule has 0 spiro atoms. The van der Waals surface area contributed by atoms with Gasteiger partial charge in [0.2, 0.25) is 0 Å². The quantitative estimate of drug-likeness (QED) is 0.821. The third-order valence-corrected chi connectivity index (χ3v) is 5.07. The fraction of sp³-hybridized carbons (Fsp3) is 0.231. The van der Waals surface area contributed by atoms with E-state index < -0.39 is 0 Å². The highest BCUT2D eigenvalue weighted by atomic mass is 79.9. The van der Waals surface area contributed by atoms with Gasteiger partial charge >= 0.3 is 0 Å². The van der Waals surface area contributed by atoms with E-state index in [4.69, 9.17) is 15.2 Å². The van der Waals surface area contributed by atoms with Gasteiger partial charge in [0.1, 0.15) is 11.5 Å². The van der Waals surface area contributed by atoms with Gasteiger partial charge in [-0.1, -0.05) is 0 Å². The van der Waals surface area contributed by atoms with Crippen molar-refractivity contribution in [2.45, 2.75) is 6.04 Å². The molecule has 102 valence electrons. The van der Waals surface area contributed by atoms with Crippen LogP contribution in [0, 0.1) is 0 Å². The Morgan fingerprint density at radius 1 is 1.11 bits per heavy atom. The van der Waals surface area contributed by atoms with Gasteiger partial charge in [0.25, 0.3) is 0 Å². The lowest BCUT2D eigenvalue weighted by Gasteiger charge is -2.16. The fourth-order valence-electron chi connectivity index (χ4n) is 1.78.